The average Bonchev–Trinajstić information content (AvgIpc) is 2.78. The van der Waals surface area contributed by atoms with Gasteiger partial charge in [-0.1, -0.05) is 12.1 Å². The molecule has 4 nitrogen and oxygen atoms in total. The van der Waals surface area contributed by atoms with Crippen molar-refractivity contribution in [2.45, 2.75) is 13.0 Å². The second-order valence-corrected chi connectivity index (χ2v) is 5.16. The molecule has 20 heavy (non-hydrogen) atoms. The topological polar surface area (TPSA) is 58.4 Å². The molecule has 0 aromatic heterocycles. The number of fused-ring (bicyclic) bond motifs is 1. The zero-order valence-corrected chi connectivity index (χ0v) is 11.4. The van der Waals surface area contributed by atoms with E-state index in [0.29, 0.717) is 6.42 Å². The predicted molar refractivity (Wildman–Crippen MR) is 81.7 cm³/mol. The molecule has 102 valence electrons. The molecule has 0 atom stereocenters. The van der Waals surface area contributed by atoms with Crippen LogP contribution in [0.2, 0.25) is 0 Å². The van der Waals surface area contributed by atoms with Gasteiger partial charge in [0.2, 0.25) is 5.91 Å². The summed E-state index contributed by atoms with van der Waals surface area (Å²) in [6, 6.07) is 13.9. The summed E-state index contributed by atoms with van der Waals surface area (Å²) < 4.78 is 0. The monoisotopic (exact) mass is 267 g/mol. The fourth-order valence-corrected chi connectivity index (χ4v) is 2.47. The van der Waals surface area contributed by atoms with Crippen molar-refractivity contribution in [3.8, 4) is 0 Å². The maximum atomic E-state index is 11.4. The lowest BCUT2D eigenvalue weighted by Crippen LogP contribution is -2.16. The van der Waals surface area contributed by atoms with E-state index in [4.69, 9.17) is 5.73 Å². The van der Waals surface area contributed by atoms with Crippen LogP contribution in [0.1, 0.15) is 11.1 Å². The molecule has 1 amide bonds. The van der Waals surface area contributed by atoms with Crippen LogP contribution in [0.15, 0.2) is 42.5 Å². The fourth-order valence-electron chi connectivity index (χ4n) is 2.47. The lowest BCUT2D eigenvalue weighted by atomic mass is 10.1. The van der Waals surface area contributed by atoms with Gasteiger partial charge in [-0.25, -0.2) is 0 Å². The zero-order valence-electron chi connectivity index (χ0n) is 11.4. The number of amides is 1. The van der Waals surface area contributed by atoms with Crippen LogP contribution in [-0.4, -0.2) is 13.0 Å². The highest BCUT2D eigenvalue weighted by Gasteiger charge is 2.17. The molecule has 0 bridgehead atoms. The van der Waals surface area contributed by atoms with Crippen molar-refractivity contribution in [2.75, 3.05) is 23.0 Å². The number of nitrogens with two attached hydrogens (primary N) is 1. The van der Waals surface area contributed by atoms with Crippen LogP contribution in [0.4, 0.5) is 17.1 Å². The largest absolute Gasteiger partial charge is 0.399 e. The van der Waals surface area contributed by atoms with Crippen molar-refractivity contribution in [3.63, 3.8) is 0 Å². The van der Waals surface area contributed by atoms with Crippen LogP contribution in [0.5, 0.6) is 0 Å². The zero-order chi connectivity index (χ0) is 14.1. The van der Waals surface area contributed by atoms with Crippen molar-refractivity contribution < 1.29 is 4.79 Å². The van der Waals surface area contributed by atoms with Crippen molar-refractivity contribution in [1.29, 1.82) is 0 Å². The van der Waals surface area contributed by atoms with Gasteiger partial charge < -0.3 is 16.0 Å². The molecule has 0 saturated heterocycles. The number of benzene rings is 2. The first-order valence-electron chi connectivity index (χ1n) is 6.60. The van der Waals surface area contributed by atoms with Crippen molar-refractivity contribution in [1.82, 2.24) is 0 Å². The molecule has 0 spiro atoms. The maximum Gasteiger partial charge on any atom is 0.228 e. The van der Waals surface area contributed by atoms with E-state index in [1.807, 2.05) is 37.4 Å². The average molecular weight is 267 g/mol. The Kier molecular flexibility index (Phi) is 3.06. The number of carbonyl (C=O) groups is 1. The van der Waals surface area contributed by atoms with E-state index in [2.05, 4.69) is 22.3 Å². The number of hydrogen-bond acceptors (Lipinski definition) is 3. The summed E-state index contributed by atoms with van der Waals surface area (Å²) in [6.45, 7) is 0.797. The lowest BCUT2D eigenvalue weighted by Gasteiger charge is -2.20. The van der Waals surface area contributed by atoms with Gasteiger partial charge in [0.25, 0.3) is 0 Å². The molecule has 0 radical (unpaired) electrons. The first-order chi connectivity index (χ1) is 9.61. The lowest BCUT2D eigenvalue weighted by molar-refractivity contribution is -0.115. The predicted octanol–water partition coefficient (Wildman–Crippen LogP) is 2.40. The van der Waals surface area contributed by atoms with Crippen LogP contribution >= 0.6 is 0 Å². The summed E-state index contributed by atoms with van der Waals surface area (Å²) in [5.74, 6) is 0.0732. The summed E-state index contributed by atoms with van der Waals surface area (Å²) in [5, 5.41) is 2.85. The third kappa shape index (κ3) is 2.45. The van der Waals surface area contributed by atoms with Gasteiger partial charge in [-0.15, -0.1) is 0 Å². The molecule has 0 saturated carbocycles. The standard InChI is InChI=1S/C16H17N3O/c1-19(14-5-3-13(17)4-6-14)10-11-2-7-15-12(8-11)9-16(20)18-15/h2-8H,9-10,17H2,1H3,(H,18,20). The molecule has 1 aliphatic heterocycles. The molecular formula is C16H17N3O. The third-order valence-electron chi connectivity index (χ3n) is 3.55. The van der Waals surface area contributed by atoms with Crippen LogP contribution < -0.4 is 16.0 Å². The molecule has 0 fully saturated rings. The Labute approximate surface area is 118 Å². The van der Waals surface area contributed by atoms with Gasteiger partial charge in [-0.2, -0.15) is 0 Å². The van der Waals surface area contributed by atoms with E-state index in [-0.39, 0.29) is 5.91 Å². The minimum atomic E-state index is 0.0732. The third-order valence-corrected chi connectivity index (χ3v) is 3.55. The van der Waals surface area contributed by atoms with E-state index in [0.717, 1.165) is 29.2 Å². The molecule has 2 aromatic carbocycles. The molecule has 1 heterocycles. The first kappa shape index (κ1) is 12.5. The summed E-state index contributed by atoms with van der Waals surface area (Å²) in [7, 11) is 2.04. The SMILES string of the molecule is CN(Cc1ccc2c(c1)CC(=O)N2)c1ccc(N)cc1. The van der Waals surface area contributed by atoms with Gasteiger partial charge in [0, 0.05) is 30.7 Å². The molecule has 4 heteroatoms. The minimum absolute atomic E-state index is 0.0732. The molecule has 3 N–H and O–H groups in total. The summed E-state index contributed by atoms with van der Waals surface area (Å²) in [4.78, 5) is 13.5. The van der Waals surface area contributed by atoms with Crippen molar-refractivity contribution in [3.05, 3.63) is 53.6 Å². The highest BCUT2D eigenvalue weighted by atomic mass is 16.1. The molecule has 1 aliphatic rings. The van der Waals surface area contributed by atoms with Crippen molar-refractivity contribution in [2.24, 2.45) is 0 Å². The normalized spacial score (nSPS) is 12.9. The summed E-state index contributed by atoms with van der Waals surface area (Å²) in [6.07, 6.45) is 0.481. The quantitative estimate of drug-likeness (QED) is 0.840. The Hall–Kier alpha value is -2.49. The second kappa shape index (κ2) is 4.89. The van der Waals surface area contributed by atoms with E-state index in [1.165, 1.54) is 5.56 Å². The summed E-state index contributed by atoms with van der Waals surface area (Å²) in [5.41, 5.74) is 10.8. The number of carbonyl (C=O) groups excluding carboxylic acids is 1. The Bertz CT molecular complexity index is 649. The Morgan fingerprint density at radius 1 is 1.20 bits per heavy atom. The highest BCUT2D eigenvalue weighted by Crippen LogP contribution is 2.25. The van der Waals surface area contributed by atoms with E-state index >= 15 is 0 Å². The molecular weight excluding hydrogens is 250 g/mol. The number of nitrogen functional groups attached to an aromatic ring is 1. The van der Waals surface area contributed by atoms with Gasteiger partial charge in [0.1, 0.15) is 0 Å². The maximum absolute atomic E-state index is 11.4. The van der Waals surface area contributed by atoms with Gasteiger partial charge in [-0.05, 0) is 41.5 Å². The number of nitrogens with zero attached hydrogens (tertiary/aromatic N) is 1. The Morgan fingerprint density at radius 2 is 1.95 bits per heavy atom. The van der Waals surface area contributed by atoms with Crippen LogP contribution in [-0.2, 0) is 17.8 Å². The number of hydrogen-bond donors (Lipinski definition) is 2. The van der Waals surface area contributed by atoms with Gasteiger partial charge in [-0.3, -0.25) is 4.79 Å². The Balaban J connectivity index is 1.76. The number of rotatable bonds is 3. The van der Waals surface area contributed by atoms with Gasteiger partial charge in [0.05, 0.1) is 6.42 Å². The number of anilines is 3. The van der Waals surface area contributed by atoms with Crippen LogP contribution in [0.3, 0.4) is 0 Å². The first-order valence-corrected chi connectivity index (χ1v) is 6.60. The van der Waals surface area contributed by atoms with Gasteiger partial charge >= 0.3 is 0 Å². The minimum Gasteiger partial charge on any atom is -0.399 e. The Morgan fingerprint density at radius 3 is 2.70 bits per heavy atom. The van der Waals surface area contributed by atoms with Gasteiger partial charge in [0.15, 0.2) is 0 Å². The highest BCUT2D eigenvalue weighted by molar-refractivity contribution is 5.99. The van der Waals surface area contributed by atoms with E-state index in [9.17, 15) is 4.79 Å². The van der Waals surface area contributed by atoms with E-state index < -0.39 is 0 Å². The molecule has 2 aromatic rings. The van der Waals surface area contributed by atoms with Crippen LogP contribution in [0.25, 0.3) is 0 Å². The fraction of sp³-hybridized carbons (Fsp3) is 0.188. The molecule has 0 aliphatic carbocycles. The number of nitrogens with one attached hydrogen (secondary N) is 1. The molecule has 3 rings (SSSR count). The van der Waals surface area contributed by atoms with Crippen molar-refractivity contribution >= 4 is 23.0 Å². The smallest absolute Gasteiger partial charge is 0.228 e. The summed E-state index contributed by atoms with van der Waals surface area (Å²) >= 11 is 0. The van der Waals surface area contributed by atoms with Crippen LogP contribution in [0, 0.1) is 0 Å². The second-order valence-electron chi connectivity index (χ2n) is 5.16. The van der Waals surface area contributed by atoms with E-state index in [1.54, 1.807) is 0 Å². The molecule has 0 unspecified atom stereocenters.